The predicted octanol–water partition coefficient (Wildman–Crippen LogP) is 2.57. The molecule has 8 heteroatoms. The molecule has 3 rings (SSSR count). The van der Waals surface area contributed by atoms with Crippen molar-refractivity contribution in [3.8, 4) is 5.75 Å². The van der Waals surface area contributed by atoms with Crippen LogP contribution in [0.15, 0.2) is 54.6 Å². The number of anilines is 1. The summed E-state index contributed by atoms with van der Waals surface area (Å²) in [5.74, 6) is -0.0747. The molecule has 0 bridgehead atoms. The summed E-state index contributed by atoms with van der Waals surface area (Å²) in [7, 11) is -3.20. The number of carbonyl (C=O) groups excluding carboxylic acids is 1. The maximum Gasteiger partial charge on any atom is 0.244 e. The zero-order chi connectivity index (χ0) is 20.0. The molecule has 1 saturated heterocycles. The first-order chi connectivity index (χ1) is 13.4. The Morgan fingerprint density at radius 2 is 2.00 bits per heavy atom. The highest BCUT2D eigenvalue weighted by molar-refractivity contribution is 7.93. The Bertz CT molecular complexity index is 958. The summed E-state index contributed by atoms with van der Waals surface area (Å²) >= 11 is 0. The highest BCUT2D eigenvalue weighted by Gasteiger charge is 2.28. The Balaban J connectivity index is 1.45. The SMILES string of the molecule is O=C(/C=C/c1ccc(N2CCCS2(=O)=O)cc1)NCCOc1cccc(F)c1. The lowest BCUT2D eigenvalue weighted by Gasteiger charge is -2.16. The van der Waals surface area contributed by atoms with Gasteiger partial charge >= 0.3 is 0 Å². The second-order valence-corrected chi connectivity index (χ2v) is 8.28. The van der Waals surface area contributed by atoms with Crippen molar-refractivity contribution in [3.05, 3.63) is 66.0 Å². The summed E-state index contributed by atoms with van der Waals surface area (Å²) in [5.41, 5.74) is 1.42. The quantitative estimate of drug-likeness (QED) is 0.569. The molecule has 1 aliphatic heterocycles. The van der Waals surface area contributed by atoms with Gasteiger partial charge in [0.05, 0.1) is 18.0 Å². The molecule has 1 fully saturated rings. The molecule has 2 aromatic rings. The molecule has 1 aliphatic rings. The molecule has 1 heterocycles. The van der Waals surface area contributed by atoms with Crippen LogP contribution in [0, 0.1) is 5.82 Å². The van der Waals surface area contributed by atoms with Crippen LogP contribution in [0.1, 0.15) is 12.0 Å². The summed E-state index contributed by atoms with van der Waals surface area (Å²) in [6.07, 6.45) is 3.67. The molecule has 1 N–H and O–H groups in total. The molecular weight excluding hydrogens is 383 g/mol. The number of benzene rings is 2. The van der Waals surface area contributed by atoms with Crippen molar-refractivity contribution in [2.75, 3.05) is 29.8 Å². The number of hydrogen-bond acceptors (Lipinski definition) is 4. The van der Waals surface area contributed by atoms with Crippen molar-refractivity contribution >= 4 is 27.7 Å². The van der Waals surface area contributed by atoms with E-state index < -0.39 is 10.0 Å². The third kappa shape index (κ3) is 5.32. The Morgan fingerprint density at radius 3 is 2.68 bits per heavy atom. The second kappa shape index (κ2) is 8.88. The number of ether oxygens (including phenoxy) is 1. The van der Waals surface area contributed by atoms with E-state index in [-0.39, 0.29) is 30.6 Å². The van der Waals surface area contributed by atoms with E-state index in [1.807, 2.05) is 0 Å². The number of nitrogens with one attached hydrogen (secondary N) is 1. The maximum atomic E-state index is 13.0. The van der Waals surface area contributed by atoms with E-state index in [1.165, 1.54) is 22.5 Å². The molecule has 0 aromatic heterocycles. The number of sulfonamides is 1. The highest BCUT2D eigenvalue weighted by Crippen LogP contribution is 2.24. The van der Waals surface area contributed by atoms with Gasteiger partial charge in [-0.15, -0.1) is 0 Å². The van der Waals surface area contributed by atoms with Gasteiger partial charge in [0.1, 0.15) is 18.2 Å². The van der Waals surface area contributed by atoms with Crippen LogP contribution in [0.25, 0.3) is 6.08 Å². The zero-order valence-corrected chi connectivity index (χ0v) is 16.0. The first-order valence-corrected chi connectivity index (χ1v) is 10.5. The van der Waals surface area contributed by atoms with Crippen LogP contribution in [0.5, 0.6) is 5.75 Å². The molecule has 0 atom stereocenters. The fourth-order valence-electron chi connectivity index (χ4n) is 2.81. The first kappa shape index (κ1) is 19.9. The van der Waals surface area contributed by atoms with Crippen LogP contribution >= 0.6 is 0 Å². The standard InChI is InChI=1S/C20H21FN2O4S/c21-17-3-1-4-19(15-17)27-13-11-22-20(24)10-7-16-5-8-18(9-6-16)23-12-2-14-28(23,25)26/h1,3-10,15H,2,11-14H2,(H,22,24)/b10-7+. The van der Waals surface area contributed by atoms with Gasteiger partial charge in [-0.1, -0.05) is 18.2 Å². The number of amides is 1. The van der Waals surface area contributed by atoms with Gasteiger partial charge in [-0.2, -0.15) is 0 Å². The van der Waals surface area contributed by atoms with Gasteiger partial charge in [-0.3, -0.25) is 9.10 Å². The number of halogens is 1. The van der Waals surface area contributed by atoms with Gasteiger partial charge < -0.3 is 10.1 Å². The van der Waals surface area contributed by atoms with E-state index in [2.05, 4.69) is 5.32 Å². The van der Waals surface area contributed by atoms with Crippen molar-refractivity contribution in [2.45, 2.75) is 6.42 Å². The van der Waals surface area contributed by atoms with E-state index in [1.54, 1.807) is 42.5 Å². The summed E-state index contributed by atoms with van der Waals surface area (Å²) in [5, 5.41) is 2.67. The largest absolute Gasteiger partial charge is 0.492 e. The minimum absolute atomic E-state index is 0.178. The lowest BCUT2D eigenvalue weighted by Crippen LogP contribution is -2.26. The van der Waals surface area contributed by atoms with E-state index >= 15 is 0 Å². The molecule has 1 amide bonds. The van der Waals surface area contributed by atoms with Crippen LogP contribution in [-0.2, 0) is 14.8 Å². The maximum absolute atomic E-state index is 13.0. The molecule has 0 unspecified atom stereocenters. The Kier molecular flexibility index (Phi) is 6.30. The Morgan fingerprint density at radius 1 is 1.21 bits per heavy atom. The molecule has 0 radical (unpaired) electrons. The Labute approximate surface area is 163 Å². The normalized spacial score (nSPS) is 15.7. The molecule has 148 valence electrons. The molecule has 0 aliphatic carbocycles. The van der Waals surface area contributed by atoms with E-state index in [4.69, 9.17) is 4.74 Å². The third-order valence-electron chi connectivity index (χ3n) is 4.17. The second-order valence-electron chi connectivity index (χ2n) is 6.26. The lowest BCUT2D eigenvalue weighted by molar-refractivity contribution is -0.116. The highest BCUT2D eigenvalue weighted by atomic mass is 32.2. The summed E-state index contributed by atoms with van der Waals surface area (Å²) in [6.45, 7) is 1.01. The first-order valence-electron chi connectivity index (χ1n) is 8.89. The van der Waals surface area contributed by atoms with Crippen LogP contribution in [0.4, 0.5) is 10.1 Å². The smallest absolute Gasteiger partial charge is 0.244 e. The fourth-order valence-corrected chi connectivity index (χ4v) is 4.38. The number of hydrogen-bond donors (Lipinski definition) is 1. The zero-order valence-electron chi connectivity index (χ0n) is 15.2. The molecule has 0 saturated carbocycles. The minimum atomic E-state index is -3.20. The van der Waals surface area contributed by atoms with E-state index in [9.17, 15) is 17.6 Å². The van der Waals surface area contributed by atoms with Gasteiger partial charge in [0, 0.05) is 18.7 Å². The van der Waals surface area contributed by atoms with E-state index in [0.29, 0.717) is 24.4 Å². The van der Waals surface area contributed by atoms with Crippen LogP contribution < -0.4 is 14.4 Å². The van der Waals surface area contributed by atoms with Gasteiger partial charge in [0.15, 0.2) is 0 Å². The topological polar surface area (TPSA) is 75.7 Å². The third-order valence-corrected chi connectivity index (χ3v) is 6.04. The van der Waals surface area contributed by atoms with Crippen molar-refractivity contribution in [1.29, 1.82) is 0 Å². The van der Waals surface area contributed by atoms with Crippen molar-refractivity contribution in [1.82, 2.24) is 5.32 Å². The van der Waals surface area contributed by atoms with Crippen LogP contribution in [0.2, 0.25) is 0 Å². The lowest BCUT2D eigenvalue weighted by atomic mass is 10.2. The summed E-state index contributed by atoms with van der Waals surface area (Å²) < 4.78 is 43.6. The Hall–Kier alpha value is -2.87. The monoisotopic (exact) mass is 404 g/mol. The molecule has 2 aromatic carbocycles. The summed E-state index contributed by atoms with van der Waals surface area (Å²) in [4.78, 5) is 11.8. The summed E-state index contributed by atoms with van der Waals surface area (Å²) in [6, 6.07) is 12.8. The van der Waals surface area contributed by atoms with Gasteiger partial charge in [-0.05, 0) is 42.3 Å². The van der Waals surface area contributed by atoms with Gasteiger partial charge in [0.2, 0.25) is 15.9 Å². The van der Waals surface area contributed by atoms with E-state index in [0.717, 1.165) is 5.56 Å². The fraction of sp³-hybridized carbons (Fsp3) is 0.250. The minimum Gasteiger partial charge on any atom is -0.492 e. The molecule has 28 heavy (non-hydrogen) atoms. The average molecular weight is 404 g/mol. The molecule has 0 spiro atoms. The van der Waals surface area contributed by atoms with Crippen molar-refractivity contribution in [3.63, 3.8) is 0 Å². The van der Waals surface area contributed by atoms with Gasteiger partial charge in [0.25, 0.3) is 0 Å². The number of rotatable bonds is 7. The van der Waals surface area contributed by atoms with Crippen molar-refractivity contribution < 1.29 is 22.3 Å². The van der Waals surface area contributed by atoms with Crippen molar-refractivity contribution in [2.24, 2.45) is 0 Å². The average Bonchev–Trinajstić information content (AvgIpc) is 3.03. The van der Waals surface area contributed by atoms with Crippen LogP contribution in [0.3, 0.4) is 0 Å². The molecular formula is C20H21FN2O4S. The van der Waals surface area contributed by atoms with Crippen LogP contribution in [-0.4, -0.2) is 39.8 Å². The number of carbonyl (C=O) groups is 1. The van der Waals surface area contributed by atoms with Gasteiger partial charge in [-0.25, -0.2) is 12.8 Å². The predicted molar refractivity (Wildman–Crippen MR) is 106 cm³/mol. The molecule has 6 nitrogen and oxygen atoms in total. The number of nitrogens with zero attached hydrogens (tertiary/aromatic N) is 1.